The minimum atomic E-state index is 0.195. The molecular weight excluding hydrogens is 258 g/mol. The van der Waals surface area contributed by atoms with E-state index in [9.17, 15) is 0 Å². The maximum Gasteiger partial charge on any atom is 0.188 e. The summed E-state index contributed by atoms with van der Waals surface area (Å²) in [5.41, 5.74) is 2.97. The molecule has 0 amide bonds. The smallest absolute Gasteiger partial charge is 0.188 e. The third kappa shape index (κ3) is 2.46. The fourth-order valence-corrected chi connectivity index (χ4v) is 2.67. The number of furan rings is 1. The molecule has 19 heavy (non-hydrogen) atoms. The predicted molar refractivity (Wildman–Crippen MR) is 75.1 cm³/mol. The van der Waals surface area contributed by atoms with Gasteiger partial charge >= 0.3 is 0 Å². The first-order valence-electron chi connectivity index (χ1n) is 6.01. The largest absolute Gasteiger partial charge is 0.462 e. The molecule has 3 rings (SSSR count). The molecule has 0 aromatic carbocycles. The Labute approximate surface area is 115 Å². The normalized spacial score (nSPS) is 12.7. The van der Waals surface area contributed by atoms with Gasteiger partial charge in [-0.1, -0.05) is 11.8 Å². The molecule has 0 bridgehead atoms. The first-order valence-corrected chi connectivity index (χ1v) is 6.89. The molecule has 3 heterocycles. The Morgan fingerprint density at radius 2 is 2.00 bits per heavy atom. The Morgan fingerprint density at radius 3 is 2.79 bits per heavy atom. The second kappa shape index (κ2) is 5.01. The van der Waals surface area contributed by atoms with Crippen molar-refractivity contribution in [2.24, 2.45) is 0 Å². The van der Waals surface area contributed by atoms with E-state index in [0.717, 1.165) is 27.4 Å². The number of rotatable bonds is 3. The van der Waals surface area contributed by atoms with Crippen LogP contribution in [0.15, 0.2) is 46.6 Å². The van der Waals surface area contributed by atoms with Crippen molar-refractivity contribution in [2.45, 2.75) is 24.3 Å². The van der Waals surface area contributed by atoms with E-state index in [1.807, 2.05) is 13.0 Å². The molecule has 1 unspecified atom stereocenters. The van der Waals surface area contributed by atoms with E-state index in [4.69, 9.17) is 4.42 Å². The number of nitrogens with zero attached hydrogens (tertiary/aromatic N) is 3. The van der Waals surface area contributed by atoms with Gasteiger partial charge in [-0.05, 0) is 31.5 Å². The van der Waals surface area contributed by atoms with E-state index in [0.29, 0.717) is 0 Å². The fraction of sp³-hybridized carbons (Fsp3) is 0.214. The lowest BCUT2D eigenvalue weighted by molar-refractivity contribution is 0.611. The van der Waals surface area contributed by atoms with Crippen molar-refractivity contribution in [3.8, 4) is 0 Å². The Hall–Kier alpha value is -1.88. The summed E-state index contributed by atoms with van der Waals surface area (Å²) < 4.78 is 5.41. The number of aromatic nitrogens is 3. The van der Waals surface area contributed by atoms with Gasteiger partial charge in [0.2, 0.25) is 0 Å². The number of hydrogen-bond acceptors (Lipinski definition) is 5. The van der Waals surface area contributed by atoms with Crippen LogP contribution in [0.2, 0.25) is 0 Å². The van der Waals surface area contributed by atoms with Crippen LogP contribution in [0, 0.1) is 6.92 Å². The highest BCUT2D eigenvalue weighted by Gasteiger charge is 2.12. The van der Waals surface area contributed by atoms with Crippen molar-refractivity contribution in [3.63, 3.8) is 0 Å². The molecule has 4 nitrogen and oxygen atoms in total. The average Bonchev–Trinajstić information content (AvgIpc) is 2.81. The lowest BCUT2D eigenvalue weighted by Gasteiger charge is -2.09. The Balaban J connectivity index is 1.89. The van der Waals surface area contributed by atoms with Crippen LogP contribution in [0.5, 0.6) is 0 Å². The number of fused-ring (bicyclic) bond motifs is 1. The van der Waals surface area contributed by atoms with Gasteiger partial charge in [-0.25, -0.2) is 9.97 Å². The zero-order valence-corrected chi connectivity index (χ0v) is 11.5. The summed E-state index contributed by atoms with van der Waals surface area (Å²) in [7, 11) is 0. The highest BCUT2D eigenvalue weighted by Crippen LogP contribution is 2.33. The monoisotopic (exact) mass is 271 g/mol. The molecule has 0 aliphatic carbocycles. The van der Waals surface area contributed by atoms with Crippen molar-refractivity contribution in [2.75, 3.05) is 0 Å². The van der Waals surface area contributed by atoms with Crippen LogP contribution in [0.3, 0.4) is 0 Å². The van der Waals surface area contributed by atoms with Crippen molar-refractivity contribution in [3.05, 3.63) is 48.2 Å². The van der Waals surface area contributed by atoms with Gasteiger partial charge in [-0.15, -0.1) is 0 Å². The molecule has 0 fully saturated rings. The Morgan fingerprint density at radius 1 is 1.21 bits per heavy atom. The summed E-state index contributed by atoms with van der Waals surface area (Å²) in [5, 5.41) is 2.08. The zero-order chi connectivity index (χ0) is 13.2. The fourth-order valence-electron chi connectivity index (χ4n) is 1.86. The first-order chi connectivity index (χ1) is 9.24. The standard InChI is InChI=1S/C14H13N3OS/c1-9-8-18-13-7-17-12(6-11(9)13)10(2)19-14-15-4-3-5-16-14/h3-8,10H,1-2H3. The minimum Gasteiger partial charge on any atom is -0.462 e. The van der Waals surface area contributed by atoms with Crippen molar-refractivity contribution >= 4 is 22.7 Å². The van der Waals surface area contributed by atoms with Crippen LogP contribution >= 0.6 is 11.8 Å². The maximum absolute atomic E-state index is 5.41. The van der Waals surface area contributed by atoms with E-state index >= 15 is 0 Å². The molecule has 0 saturated carbocycles. The van der Waals surface area contributed by atoms with Gasteiger partial charge in [-0.3, -0.25) is 4.98 Å². The Bertz CT molecular complexity index is 696. The molecule has 1 atom stereocenters. The number of aryl methyl sites for hydroxylation is 1. The highest BCUT2D eigenvalue weighted by atomic mass is 32.2. The summed E-state index contributed by atoms with van der Waals surface area (Å²) in [6.45, 7) is 4.14. The van der Waals surface area contributed by atoms with Gasteiger partial charge in [-0.2, -0.15) is 0 Å². The van der Waals surface area contributed by atoms with Gasteiger partial charge in [0, 0.05) is 17.8 Å². The molecule has 3 aromatic rings. The first kappa shape index (κ1) is 12.2. The van der Waals surface area contributed by atoms with Crippen LogP contribution in [0.25, 0.3) is 11.0 Å². The number of hydrogen-bond donors (Lipinski definition) is 0. The van der Waals surface area contributed by atoms with Crippen LogP contribution in [-0.4, -0.2) is 15.0 Å². The van der Waals surface area contributed by atoms with E-state index in [-0.39, 0.29) is 5.25 Å². The summed E-state index contributed by atoms with van der Waals surface area (Å²) >= 11 is 1.60. The molecule has 0 aliphatic heterocycles. The van der Waals surface area contributed by atoms with Crippen LogP contribution < -0.4 is 0 Å². The van der Waals surface area contributed by atoms with Crippen LogP contribution in [-0.2, 0) is 0 Å². The average molecular weight is 271 g/mol. The molecule has 0 N–H and O–H groups in total. The van der Waals surface area contributed by atoms with E-state index in [2.05, 4.69) is 27.9 Å². The zero-order valence-electron chi connectivity index (χ0n) is 10.7. The van der Waals surface area contributed by atoms with E-state index < -0.39 is 0 Å². The molecule has 0 aliphatic rings. The number of pyridine rings is 1. The quantitative estimate of drug-likeness (QED) is 0.536. The minimum absolute atomic E-state index is 0.195. The topological polar surface area (TPSA) is 51.8 Å². The van der Waals surface area contributed by atoms with Gasteiger partial charge in [0.15, 0.2) is 10.7 Å². The summed E-state index contributed by atoms with van der Waals surface area (Å²) in [4.78, 5) is 12.9. The van der Waals surface area contributed by atoms with Gasteiger partial charge in [0.05, 0.1) is 23.4 Å². The molecule has 3 aromatic heterocycles. The predicted octanol–water partition coefficient (Wildman–Crippen LogP) is 3.78. The van der Waals surface area contributed by atoms with Gasteiger partial charge in [0.1, 0.15) is 0 Å². The summed E-state index contributed by atoms with van der Waals surface area (Å²) in [6, 6.07) is 3.89. The lowest BCUT2D eigenvalue weighted by Crippen LogP contribution is -1.94. The van der Waals surface area contributed by atoms with Crippen LogP contribution in [0.4, 0.5) is 0 Å². The molecule has 96 valence electrons. The van der Waals surface area contributed by atoms with E-state index in [1.54, 1.807) is 36.6 Å². The highest BCUT2D eigenvalue weighted by molar-refractivity contribution is 7.99. The van der Waals surface area contributed by atoms with Crippen molar-refractivity contribution in [1.29, 1.82) is 0 Å². The van der Waals surface area contributed by atoms with Crippen LogP contribution in [0.1, 0.15) is 23.4 Å². The molecule has 0 radical (unpaired) electrons. The lowest BCUT2D eigenvalue weighted by atomic mass is 10.2. The molecule has 0 saturated heterocycles. The van der Waals surface area contributed by atoms with Crippen molar-refractivity contribution < 1.29 is 4.42 Å². The third-order valence-corrected chi connectivity index (χ3v) is 3.93. The second-order valence-electron chi connectivity index (χ2n) is 4.32. The van der Waals surface area contributed by atoms with E-state index in [1.165, 1.54) is 0 Å². The summed E-state index contributed by atoms with van der Waals surface area (Å²) in [5.74, 6) is 0. The number of thioether (sulfide) groups is 1. The van der Waals surface area contributed by atoms with Gasteiger partial charge in [0.25, 0.3) is 0 Å². The maximum atomic E-state index is 5.41. The SMILES string of the molecule is Cc1coc2cnc(C(C)Sc3ncccn3)cc12. The summed E-state index contributed by atoms with van der Waals surface area (Å²) in [6.07, 6.45) is 7.03. The van der Waals surface area contributed by atoms with Crippen molar-refractivity contribution in [1.82, 2.24) is 15.0 Å². The third-order valence-electron chi connectivity index (χ3n) is 2.92. The molecular formula is C14H13N3OS. The van der Waals surface area contributed by atoms with Gasteiger partial charge < -0.3 is 4.42 Å². The Kier molecular flexibility index (Phi) is 3.21. The molecule has 5 heteroatoms. The second-order valence-corrected chi connectivity index (χ2v) is 5.62. The molecule has 0 spiro atoms.